The van der Waals surface area contributed by atoms with E-state index < -0.39 is 0 Å². The summed E-state index contributed by atoms with van der Waals surface area (Å²) in [6.07, 6.45) is 5.05. The fourth-order valence-electron chi connectivity index (χ4n) is 0.787. The maximum atomic E-state index is 8.15. The third-order valence-electron chi connectivity index (χ3n) is 1.61. The number of halogens is 2. The van der Waals surface area contributed by atoms with Gasteiger partial charge in [-0.05, 0) is 37.9 Å². The van der Waals surface area contributed by atoms with Crippen molar-refractivity contribution in [1.29, 1.82) is 15.9 Å². The van der Waals surface area contributed by atoms with E-state index in [1.807, 2.05) is 6.07 Å². The molecule has 0 saturated heterocycles. The molecule has 0 heterocycles. The van der Waals surface area contributed by atoms with E-state index in [2.05, 4.69) is 29.8 Å². The average molecular weight is 389 g/mol. The molecule has 0 unspecified atom stereocenters. The van der Waals surface area contributed by atoms with Crippen LogP contribution in [0.2, 0.25) is 0 Å². The van der Waals surface area contributed by atoms with Crippen molar-refractivity contribution in [2.75, 3.05) is 11.6 Å². The highest BCUT2D eigenvalue weighted by Crippen LogP contribution is 2.04. The minimum atomic E-state index is 0. The summed E-state index contributed by atoms with van der Waals surface area (Å²) in [5, 5.41) is 23.2. The Balaban J connectivity index is -0.0000000735. The van der Waals surface area contributed by atoms with Crippen LogP contribution in [0.4, 0.5) is 0 Å². The lowest BCUT2D eigenvalue weighted by molar-refractivity contribution is 0.827. The van der Waals surface area contributed by atoms with Gasteiger partial charge in [-0.15, -0.1) is 24.0 Å². The van der Waals surface area contributed by atoms with Gasteiger partial charge in [0.15, 0.2) is 10.3 Å². The van der Waals surface area contributed by atoms with Crippen LogP contribution in [0.5, 0.6) is 0 Å². The molecule has 0 aliphatic rings. The van der Waals surface area contributed by atoms with Crippen molar-refractivity contribution in [2.24, 2.45) is 17.2 Å². The number of nitrogens with one attached hydrogen (secondary N) is 1. The Kier molecular flexibility index (Phi) is 37.4. The molecule has 0 aromatic rings. The van der Waals surface area contributed by atoms with E-state index in [1.165, 1.54) is 11.8 Å². The van der Waals surface area contributed by atoms with E-state index in [0.29, 0.717) is 18.7 Å². The highest BCUT2D eigenvalue weighted by atomic mass is 35.5. The van der Waals surface area contributed by atoms with E-state index in [1.54, 1.807) is 0 Å². The first-order valence-corrected chi connectivity index (χ1v) is 8.16. The number of nitriles is 2. The van der Waals surface area contributed by atoms with Gasteiger partial charge in [0.05, 0.1) is 12.1 Å². The average Bonchev–Trinajstić information content (AvgIpc) is 2.39. The van der Waals surface area contributed by atoms with Crippen molar-refractivity contribution < 1.29 is 1.43 Å². The fraction of sp³-hybridized carbons (Fsp3) is 0.667. The molecule has 0 radical (unpaired) electrons. The normalized spacial score (nSPS) is 7.59. The topological polar surface area (TPSA) is 149 Å². The lowest BCUT2D eigenvalue weighted by atomic mass is 10.3. The molecule has 130 valence electrons. The Labute approximate surface area is 155 Å². The summed E-state index contributed by atoms with van der Waals surface area (Å²) in [6, 6.07) is 4.11. The molecule has 0 aliphatic heterocycles. The molecule has 7 N–H and O–H groups in total. The Bertz CT molecular complexity index is 343. The Hall–Kier alpha value is -0.930. The molecular weight excluding hydrogens is 363 g/mol. The minimum absolute atomic E-state index is 0. The van der Waals surface area contributed by atoms with E-state index in [-0.39, 0.29) is 24.1 Å². The number of unbranched alkanes of at least 4 members (excludes halogenated alkanes) is 4. The molecule has 0 fully saturated rings. The SMILES string of the molecule is Cl.N#CCCCCCl.N#CCCCCSC(=N)N.NC(N)=S.[HH]. The third-order valence-corrected chi connectivity index (χ3v) is 2.68. The smallest absolute Gasteiger partial charge is 0.160 e. The van der Waals surface area contributed by atoms with Crippen LogP contribution in [0.1, 0.15) is 40.0 Å². The van der Waals surface area contributed by atoms with Gasteiger partial charge in [-0.1, -0.05) is 11.8 Å². The van der Waals surface area contributed by atoms with Crippen molar-refractivity contribution in [2.45, 2.75) is 38.5 Å². The second-order valence-corrected chi connectivity index (χ2v) is 5.52. The van der Waals surface area contributed by atoms with Gasteiger partial charge in [-0.25, -0.2) is 0 Å². The van der Waals surface area contributed by atoms with E-state index in [4.69, 9.17) is 33.3 Å². The van der Waals surface area contributed by atoms with Gasteiger partial charge in [0.1, 0.15) is 0 Å². The van der Waals surface area contributed by atoms with Crippen LogP contribution in [0.3, 0.4) is 0 Å². The molecule has 0 aliphatic carbocycles. The van der Waals surface area contributed by atoms with Crippen molar-refractivity contribution in [3.05, 3.63) is 0 Å². The largest absolute Gasteiger partial charge is 0.379 e. The number of hydrogen-bond acceptors (Lipinski definition) is 5. The first kappa shape index (κ1) is 29.1. The summed E-state index contributed by atoms with van der Waals surface area (Å²) in [6.45, 7) is 0. The second-order valence-electron chi connectivity index (χ2n) is 3.53. The Morgan fingerprint density at radius 2 is 1.50 bits per heavy atom. The lowest BCUT2D eigenvalue weighted by Gasteiger charge is -1.94. The Morgan fingerprint density at radius 3 is 1.82 bits per heavy atom. The maximum absolute atomic E-state index is 8.15. The predicted octanol–water partition coefficient (Wildman–Crippen LogP) is 3.08. The number of thioether (sulfide) groups is 1. The summed E-state index contributed by atoms with van der Waals surface area (Å²) in [5.74, 6) is 1.54. The van der Waals surface area contributed by atoms with Gasteiger partial charge in [-0.3, -0.25) is 5.41 Å². The molecular formula is C12H26Cl2N6S2. The van der Waals surface area contributed by atoms with Gasteiger partial charge in [-0.2, -0.15) is 10.5 Å². The number of alkyl halides is 1. The highest BCUT2D eigenvalue weighted by Gasteiger charge is 1.90. The summed E-state index contributed by atoms with van der Waals surface area (Å²) in [4.78, 5) is 0. The van der Waals surface area contributed by atoms with Crippen LogP contribution in [0.15, 0.2) is 0 Å². The minimum Gasteiger partial charge on any atom is -0.379 e. The Morgan fingerprint density at radius 1 is 1.09 bits per heavy atom. The van der Waals surface area contributed by atoms with Crippen molar-refractivity contribution in [3.8, 4) is 12.1 Å². The van der Waals surface area contributed by atoms with Crippen LogP contribution >= 0.6 is 48.0 Å². The van der Waals surface area contributed by atoms with Crippen LogP contribution in [-0.2, 0) is 0 Å². The number of nitrogens with zero attached hydrogens (tertiary/aromatic N) is 2. The summed E-state index contributed by atoms with van der Waals surface area (Å²) in [5.41, 5.74) is 14.3. The van der Waals surface area contributed by atoms with Crippen LogP contribution < -0.4 is 17.2 Å². The maximum Gasteiger partial charge on any atom is 0.160 e. The molecule has 0 atom stereocenters. The molecule has 0 aromatic heterocycles. The first-order chi connectivity index (χ1) is 9.92. The molecule has 0 saturated carbocycles. The monoisotopic (exact) mass is 388 g/mol. The summed E-state index contributed by atoms with van der Waals surface area (Å²) in [7, 11) is 0. The zero-order chi connectivity index (χ0) is 16.9. The van der Waals surface area contributed by atoms with Gasteiger partial charge >= 0.3 is 0 Å². The molecule has 0 aromatic carbocycles. The quantitative estimate of drug-likeness (QED) is 0.172. The number of amidine groups is 1. The molecule has 0 rings (SSSR count). The molecule has 0 amide bonds. The number of hydrogen-bond donors (Lipinski definition) is 4. The zero-order valence-corrected chi connectivity index (χ0v) is 15.6. The van der Waals surface area contributed by atoms with Crippen molar-refractivity contribution in [1.82, 2.24) is 0 Å². The van der Waals surface area contributed by atoms with Gasteiger partial charge in [0.25, 0.3) is 0 Å². The molecule has 10 heteroatoms. The fourth-order valence-corrected chi connectivity index (χ4v) is 1.54. The molecule has 22 heavy (non-hydrogen) atoms. The van der Waals surface area contributed by atoms with Gasteiger partial charge in [0.2, 0.25) is 0 Å². The van der Waals surface area contributed by atoms with Crippen LogP contribution in [0, 0.1) is 28.1 Å². The lowest BCUT2D eigenvalue weighted by Crippen LogP contribution is -2.18. The zero-order valence-electron chi connectivity index (χ0n) is 12.4. The van der Waals surface area contributed by atoms with E-state index in [9.17, 15) is 0 Å². The third kappa shape index (κ3) is 61.4. The van der Waals surface area contributed by atoms with Gasteiger partial charge < -0.3 is 17.2 Å². The molecule has 0 bridgehead atoms. The number of thiocarbonyl (C=S) groups is 1. The standard InChI is InChI=1S/C6H11N3S.C5H8ClN.CH4N2S.ClH.H2/c7-4-2-1-3-5-10-6(8)9;6-4-2-1-3-5-7;2-1(3)4;;/h1-3,5H2,(H3,8,9);1-4H2;(H4,2,3,4);2*1H. The predicted molar refractivity (Wildman–Crippen MR) is 104 cm³/mol. The van der Waals surface area contributed by atoms with Crippen molar-refractivity contribution in [3.63, 3.8) is 0 Å². The van der Waals surface area contributed by atoms with Gasteiger partial charge in [0, 0.05) is 25.9 Å². The molecule has 0 spiro atoms. The second kappa shape index (κ2) is 28.3. The first-order valence-electron chi connectivity index (χ1n) is 6.23. The highest BCUT2D eigenvalue weighted by molar-refractivity contribution is 8.13. The summed E-state index contributed by atoms with van der Waals surface area (Å²) >= 11 is 10.8. The van der Waals surface area contributed by atoms with E-state index >= 15 is 0 Å². The van der Waals surface area contributed by atoms with Crippen molar-refractivity contribution >= 4 is 58.3 Å². The summed E-state index contributed by atoms with van der Waals surface area (Å²) < 4.78 is 0. The molecule has 6 nitrogen and oxygen atoms in total. The number of nitrogens with two attached hydrogens (primary N) is 3. The van der Waals surface area contributed by atoms with Crippen LogP contribution in [-0.4, -0.2) is 21.9 Å². The van der Waals surface area contributed by atoms with Crippen LogP contribution in [0.25, 0.3) is 0 Å². The van der Waals surface area contributed by atoms with E-state index in [0.717, 1.165) is 31.4 Å². The number of rotatable bonds is 7.